The molecule has 0 N–H and O–H groups in total. The van der Waals surface area contributed by atoms with Crippen LogP contribution < -0.4 is 15.1 Å². The summed E-state index contributed by atoms with van der Waals surface area (Å²) in [7, 11) is 4.11. The molecule has 0 radical (unpaired) electrons. The summed E-state index contributed by atoms with van der Waals surface area (Å²) in [5.74, 6) is -1.32. The third kappa shape index (κ3) is 4.23. The molecule has 0 aliphatic heterocycles. The predicted octanol–water partition coefficient (Wildman–Crippen LogP) is 4.10. The number of rotatable bonds is 7. The highest BCUT2D eigenvalue weighted by Crippen LogP contribution is 2.38. The number of esters is 1. The number of ketones is 1. The zero-order valence-electron chi connectivity index (χ0n) is 16.6. The Labute approximate surface area is 180 Å². The summed E-state index contributed by atoms with van der Waals surface area (Å²) in [6.07, 6.45) is -0.179. The lowest BCUT2D eigenvalue weighted by molar-refractivity contribution is -0.142. The monoisotopic (exact) mass is 474 g/mol. The molecular weight excluding hydrogens is 456 g/mol. The standard InChI is InChI=1S/C22H19BrO7/c1-27-18-9-8-14-15(11-19(25)30-20(14)21(18)28-2)16(22(26)29-3)10-17(24)12-4-6-13(23)7-5-12/h4-9,11,16H,10H2,1-3H3. The lowest BCUT2D eigenvalue weighted by Gasteiger charge is -2.17. The van der Waals surface area contributed by atoms with Crippen molar-refractivity contribution in [2.45, 2.75) is 12.3 Å². The number of halogens is 1. The van der Waals surface area contributed by atoms with E-state index in [0.29, 0.717) is 22.3 Å². The average molecular weight is 475 g/mol. The fraction of sp³-hybridized carbons (Fsp3) is 0.227. The van der Waals surface area contributed by atoms with Crippen LogP contribution in [0.3, 0.4) is 0 Å². The molecule has 156 valence electrons. The molecule has 0 aliphatic carbocycles. The van der Waals surface area contributed by atoms with Crippen molar-refractivity contribution in [3.8, 4) is 11.5 Å². The summed E-state index contributed by atoms with van der Waals surface area (Å²) < 4.78 is 21.7. The number of carbonyl (C=O) groups excluding carboxylic acids is 2. The maximum atomic E-state index is 12.8. The zero-order chi connectivity index (χ0) is 21.8. The minimum absolute atomic E-state index is 0.129. The maximum Gasteiger partial charge on any atom is 0.336 e. The van der Waals surface area contributed by atoms with Gasteiger partial charge in [-0.25, -0.2) is 4.79 Å². The Morgan fingerprint density at radius 2 is 1.73 bits per heavy atom. The highest BCUT2D eigenvalue weighted by atomic mass is 79.9. The van der Waals surface area contributed by atoms with Crippen LogP contribution in [0.1, 0.15) is 28.3 Å². The van der Waals surface area contributed by atoms with E-state index in [1.807, 2.05) is 0 Å². The van der Waals surface area contributed by atoms with Crippen molar-refractivity contribution in [2.24, 2.45) is 0 Å². The third-order valence-corrected chi connectivity index (χ3v) is 5.23. The highest BCUT2D eigenvalue weighted by molar-refractivity contribution is 9.10. The number of methoxy groups -OCH3 is 3. The van der Waals surface area contributed by atoms with Crippen LogP contribution in [0.15, 0.2) is 56.1 Å². The van der Waals surface area contributed by atoms with E-state index >= 15 is 0 Å². The van der Waals surface area contributed by atoms with Gasteiger partial charge in [0.05, 0.1) is 27.2 Å². The Kier molecular flexibility index (Phi) is 6.56. The summed E-state index contributed by atoms with van der Waals surface area (Å²) in [6, 6.07) is 11.3. The molecule has 0 saturated heterocycles. The number of carbonyl (C=O) groups is 2. The number of ether oxygens (including phenoxy) is 3. The first-order valence-electron chi connectivity index (χ1n) is 8.95. The predicted molar refractivity (Wildman–Crippen MR) is 113 cm³/mol. The van der Waals surface area contributed by atoms with Crippen molar-refractivity contribution in [3.63, 3.8) is 0 Å². The smallest absolute Gasteiger partial charge is 0.336 e. The van der Waals surface area contributed by atoms with E-state index in [0.717, 1.165) is 4.47 Å². The quantitative estimate of drug-likeness (QED) is 0.289. The van der Waals surface area contributed by atoms with Gasteiger partial charge in [-0.05, 0) is 29.8 Å². The molecule has 3 aromatic rings. The Balaban J connectivity index is 2.14. The van der Waals surface area contributed by atoms with Gasteiger partial charge < -0.3 is 18.6 Å². The fourth-order valence-corrected chi connectivity index (χ4v) is 3.52. The van der Waals surface area contributed by atoms with E-state index < -0.39 is 17.5 Å². The molecule has 2 aromatic carbocycles. The van der Waals surface area contributed by atoms with Crippen LogP contribution in [-0.2, 0) is 9.53 Å². The Morgan fingerprint density at radius 3 is 2.33 bits per heavy atom. The largest absolute Gasteiger partial charge is 0.493 e. The van der Waals surface area contributed by atoms with E-state index in [1.54, 1.807) is 36.4 Å². The second kappa shape index (κ2) is 9.13. The van der Waals surface area contributed by atoms with Crippen LogP contribution in [0.25, 0.3) is 11.0 Å². The van der Waals surface area contributed by atoms with Crippen molar-refractivity contribution < 1.29 is 28.2 Å². The molecule has 30 heavy (non-hydrogen) atoms. The van der Waals surface area contributed by atoms with E-state index in [4.69, 9.17) is 18.6 Å². The van der Waals surface area contributed by atoms with Crippen molar-refractivity contribution in [1.29, 1.82) is 0 Å². The summed E-state index contributed by atoms with van der Waals surface area (Å²) in [5.41, 5.74) is 0.205. The highest BCUT2D eigenvalue weighted by Gasteiger charge is 2.29. The number of benzene rings is 2. The first-order chi connectivity index (χ1) is 14.4. The number of hydrogen-bond acceptors (Lipinski definition) is 7. The maximum absolute atomic E-state index is 12.8. The molecule has 8 heteroatoms. The molecule has 0 spiro atoms. The lowest BCUT2D eigenvalue weighted by Crippen LogP contribution is -2.20. The molecule has 7 nitrogen and oxygen atoms in total. The second-order valence-corrected chi connectivity index (χ2v) is 7.32. The molecular formula is C22H19BrO7. The van der Waals surface area contributed by atoms with Crippen LogP contribution in [0.5, 0.6) is 11.5 Å². The van der Waals surface area contributed by atoms with Gasteiger partial charge in [0, 0.05) is 27.9 Å². The van der Waals surface area contributed by atoms with Crippen molar-refractivity contribution in [2.75, 3.05) is 21.3 Å². The van der Waals surface area contributed by atoms with Gasteiger partial charge in [0.15, 0.2) is 17.1 Å². The molecule has 0 aliphatic rings. The Morgan fingerprint density at radius 1 is 1.03 bits per heavy atom. The third-order valence-electron chi connectivity index (χ3n) is 4.70. The van der Waals surface area contributed by atoms with Crippen LogP contribution >= 0.6 is 15.9 Å². The number of hydrogen-bond donors (Lipinski definition) is 0. The van der Waals surface area contributed by atoms with Gasteiger partial charge in [-0.2, -0.15) is 0 Å². The SMILES string of the molecule is COC(=O)C(CC(=O)c1ccc(Br)cc1)c1cc(=O)oc2c(OC)c(OC)ccc12. The number of Topliss-reactive ketones (excluding diaryl/α,β-unsaturated/α-hetero) is 1. The number of fused-ring (bicyclic) bond motifs is 1. The molecule has 0 bridgehead atoms. The van der Waals surface area contributed by atoms with Crippen molar-refractivity contribution in [3.05, 3.63) is 68.5 Å². The first kappa shape index (κ1) is 21.6. The average Bonchev–Trinajstić information content (AvgIpc) is 2.75. The summed E-state index contributed by atoms with van der Waals surface area (Å²) in [6.45, 7) is 0. The molecule has 1 unspecified atom stereocenters. The van der Waals surface area contributed by atoms with Gasteiger partial charge >= 0.3 is 11.6 Å². The van der Waals surface area contributed by atoms with E-state index in [1.165, 1.54) is 27.4 Å². The Bertz CT molecular complexity index is 1150. The van der Waals surface area contributed by atoms with Gasteiger partial charge in [-0.3, -0.25) is 9.59 Å². The van der Waals surface area contributed by atoms with Crippen molar-refractivity contribution in [1.82, 2.24) is 0 Å². The molecule has 0 amide bonds. The summed E-state index contributed by atoms with van der Waals surface area (Å²) in [5, 5.41) is 0.450. The van der Waals surface area contributed by atoms with Crippen LogP contribution in [0.4, 0.5) is 0 Å². The Hall–Kier alpha value is -3.13. The van der Waals surface area contributed by atoms with Crippen LogP contribution in [0, 0.1) is 0 Å². The minimum atomic E-state index is -1.00. The van der Waals surface area contributed by atoms with Crippen LogP contribution in [0.2, 0.25) is 0 Å². The fourth-order valence-electron chi connectivity index (χ4n) is 3.25. The molecule has 1 atom stereocenters. The van der Waals surface area contributed by atoms with Crippen molar-refractivity contribution >= 4 is 38.7 Å². The van der Waals surface area contributed by atoms with Gasteiger partial charge in [0.2, 0.25) is 5.75 Å². The van der Waals surface area contributed by atoms with Gasteiger partial charge in [-0.15, -0.1) is 0 Å². The molecule has 1 aromatic heterocycles. The van der Waals surface area contributed by atoms with E-state index in [2.05, 4.69) is 15.9 Å². The zero-order valence-corrected chi connectivity index (χ0v) is 18.1. The van der Waals surface area contributed by atoms with Gasteiger partial charge in [-0.1, -0.05) is 28.1 Å². The van der Waals surface area contributed by atoms with E-state index in [-0.39, 0.29) is 23.5 Å². The van der Waals surface area contributed by atoms with Gasteiger partial charge in [0.25, 0.3) is 0 Å². The normalized spacial score (nSPS) is 11.7. The molecule has 1 heterocycles. The van der Waals surface area contributed by atoms with E-state index in [9.17, 15) is 14.4 Å². The lowest BCUT2D eigenvalue weighted by atomic mass is 9.89. The topological polar surface area (TPSA) is 92.0 Å². The van der Waals surface area contributed by atoms with Crippen LogP contribution in [-0.4, -0.2) is 33.1 Å². The molecule has 0 saturated carbocycles. The first-order valence-corrected chi connectivity index (χ1v) is 9.74. The molecule has 0 fully saturated rings. The summed E-state index contributed by atoms with van der Waals surface area (Å²) >= 11 is 3.32. The second-order valence-electron chi connectivity index (χ2n) is 6.41. The molecule has 3 rings (SSSR count). The summed E-state index contributed by atoms with van der Waals surface area (Å²) in [4.78, 5) is 37.7. The minimum Gasteiger partial charge on any atom is -0.493 e. The van der Waals surface area contributed by atoms with Gasteiger partial charge in [0.1, 0.15) is 0 Å².